The SMILES string of the molecule is CCCCC1=CCC([Si](c2cc(CC)cc(CC)c2)(c2cc(CC)cc(CC)c2)c2cc(CC)cc(CC)c2)=C1. The lowest BCUT2D eigenvalue weighted by Gasteiger charge is -2.37. The second-order valence-electron chi connectivity index (χ2n) is 11.7. The molecule has 0 bridgehead atoms. The van der Waals surface area contributed by atoms with Gasteiger partial charge < -0.3 is 0 Å². The van der Waals surface area contributed by atoms with E-state index in [0.29, 0.717) is 0 Å². The van der Waals surface area contributed by atoms with Crippen molar-refractivity contribution in [2.24, 2.45) is 0 Å². The van der Waals surface area contributed by atoms with Gasteiger partial charge in [-0.15, -0.1) is 0 Å². The van der Waals surface area contributed by atoms with Crippen LogP contribution >= 0.6 is 0 Å². The molecule has 0 spiro atoms. The fourth-order valence-corrected chi connectivity index (χ4v) is 12.0. The van der Waals surface area contributed by atoms with Crippen LogP contribution in [0.2, 0.25) is 0 Å². The van der Waals surface area contributed by atoms with E-state index in [1.807, 2.05) is 0 Å². The molecule has 1 aliphatic carbocycles. The number of aryl methyl sites for hydroxylation is 6. The van der Waals surface area contributed by atoms with Gasteiger partial charge in [-0.05, 0) is 107 Å². The van der Waals surface area contributed by atoms with Crippen molar-refractivity contribution in [1.82, 2.24) is 0 Å². The molecule has 1 heteroatoms. The van der Waals surface area contributed by atoms with Gasteiger partial charge >= 0.3 is 0 Å². The van der Waals surface area contributed by atoms with Crippen LogP contribution in [0, 0.1) is 0 Å². The Hall–Kier alpha value is -2.64. The first-order valence-electron chi connectivity index (χ1n) is 16.2. The largest absolute Gasteiger partial charge is 0.176 e. The molecule has 0 radical (unpaired) electrons. The van der Waals surface area contributed by atoms with Crippen LogP contribution in [0.3, 0.4) is 0 Å². The molecule has 0 nitrogen and oxygen atoms in total. The fraction of sp³-hybridized carbons (Fsp3) is 0.436. The lowest BCUT2D eigenvalue weighted by molar-refractivity contribution is 0.798. The molecular weight excluding hydrogens is 497 g/mol. The first-order valence-corrected chi connectivity index (χ1v) is 18.2. The van der Waals surface area contributed by atoms with Crippen molar-refractivity contribution in [3.05, 3.63) is 111 Å². The summed E-state index contributed by atoms with van der Waals surface area (Å²) in [4.78, 5) is 0. The first-order chi connectivity index (χ1) is 19.4. The summed E-state index contributed by atoms with van der Waals surface area (Å²) in [6, 6.07) is 23.0. The molecule has 0 N–H and O–H groups in total. The molecule has 212 valence electrons. The lowest BCUT2D eigenvalue weighted by atomic mass is 10.1. The van der Waals surface area contributed by atoms with Crippen LogP contribution in [-0.2, 0) is 38.5 Å². The standard InChI is InChI=1S/C39H52Si/c1-8-15-16-35-17-18-36(28-35)40(37-22-29(9-2)19-30(10-3)23-37,38-24-31(11-4)20-32(12-5)25-38)39-26-33(13-6)21-34(14-7)27-39/h17,19-28H,8-16,18H2,1-7H3. The van der Waals surface area contributed by atoms with Crippen LogP contribution in [-0.4, -0.2) is 8.07 Å². The topological polar surface area (TPSA) is 0 Å². The van der Waals surface area contributed by atoms with Crippen molar-refractivity contribution in [3.8, 4) is 0 Å². The summed E-state index contributed by atoms with van der Waals surface area (Å²) in [6.45, 7) is 16.2. The summed E-state index contributed by atoms with van der Waals surface area (Å²) in [5.41, 5.74) is 10.4. The highest BCUT2D eigenvalue weighted by molar-refractivity contribution is 7.16. The zero-order chi connectivity index (χ0) is 28.7. The van der Waals surface area contributed by atoms with E-state index in [4.69, 9.17) is 0 Å². The summed E-state index contributed by atoms with van der Waals surface area (Å²) in [7, 11) is -2.55. The third-order valence-corrected chi connectivity index (χ3v) is 13.9. The van der Waals surface area contributed by atoms with E-state index in [2.05, 4.69) is 115 Å². The molecule has 3 aromatic carbocycles. The number of hydrogen-bond acceptors (Lipinski definition) is 0. The molecule has 0 aliphatic heterocycles. The highest BCUT2D eigenvalue weighted by atomic mass is 28.3. The molecule has 4 rings (SSSR count). The van der Waals surface area contributed by atoms with Crippen molar-refractivity contribution >= 4 is 23.6 Å². The quantitative estimate of drug-likeness (QED) is 0.148. The fourth-order valence-electron chi connectivity index (χ4n) is 6.62. The van der Waals surface area contributed by atoms with E-state index in [0.717, 1.165) is 44.9 Å². The van der Waals surface area contributed by atoms with Crippen LogP contribution in [0.1, 0.15) is 108 Å². The number of hydrogen-bond donors (Lipinski definition) is 0. The molecule has 0 amide bonds. The molecule has 40 heavy (non-hydrogen) atoms. The van der Waals surface area contributed by atoms with Crippen LogP contribution in [0.5, 0.6) is 0 Å². The molecule has 1 aliphatic rings. The molecule has 0 aromatic heterocycles. The van der Waals surface area contributed by atoms with E-state index < -0.39 is 8.07 Å². The Labute approximate surface area is 246 Å². The molecule has 0 atom stereocenters. The zero-order valence-electron chi connectivity index (χ0n) is 26.4. The second kappa shape index (κ2) is 13.8. The van der Waals surface area contributed by atoms with Gasteiger partial charge in [-0.1, -0.05) is 132 Å². The normalized spacial score (nSPS) is 13.5. The van der Waals surface area contributed by atoms with Crippen molar-refractivity contribution in [1.29, 1.82) is 0 Å². The van der Waals surface area contributed by atoms with Crippen molar-refractivity contribution < 1.29 is 0 Å². The van der Waals surface area contributed by atoms with Crippen molar-refractivity contribution in [2.75, 3.05) is 0 Å². The highest BCUT2D eigenvalue weighted by Crippen LogP contribution is 2.31. The van der Waals surface area contributed by atoms with E-state index in [9.17, 15) is 0 Å². The van der Waals surface area contributed by atoms with E-state index in [1.54, 1.807) is 26.3 Å². The van der Waals surface area contributed by atoms with Crippen LogP contribution in [0.15, 0.2) is 77.5 Å². The molecular formula is C39H52Si. The van der Waals surface area contributed by atoms with E-state index in [1.165, 1.54) is 52.6 Å². The minimum absolute atomic E-state index is 1.08. The van der Waals surface area contributed by atoms with Gasteiger partial charge in [0.2, 0.25) is 0 Å². The Bertz CT molecular complexity index is 1170. The zero-order valence-corrected chi connectivity index (χ0v) is 27.4. The number of allylic oxidation sites excluding steroid dienone is 4. The number of rotatable bonds is 13. The van der Waals surface area contributed by atoms with Gasteiger partial charge in [-0.2, -0.15) is 0 Å². The summed E-state index contributed by atoms with van der Waals surface area (Å²) >= 11 is 0. The molecule has 0 saturated heterocycles. The van der Waals surface area contributed by atoms with Gasteiger partial charge in [-0.25, -0.2) is 0 Å². The Kier molecular flexibility index (Phi) is 10.5. The van der Waals surface area contributed by atoms with Gasteiger partial charge in [0.1, 0.15) is 0 Å². The molecule has 0 fully saturated rings. The Balaban J connectivity index is 2.18. The predicted octanol–water partition coefficient (Wildman–Crippen LogP) is 8.52. The third kappa shape index (κ3) is 6.15. The average molecular weight is 549 g/mol. The second-order valence-corrected chi connectivity index (χ2v) is 15.6. The number of benzene rings is 3. The van der Waals surface area contributed by atoms with Crippen LogP contribution in [0.25, 0.3) is 0 Å². The first kappa shape index (κ1) is 30.3. The maximum Gasteiger partial charge on any atom is 0.176 e. The van der Waals surface area contributed by atoms with Gasteiger partial charge in [0.15, 0.2) is 8.07 Å². The average Bonchev–Trinajstić information content (AvgIpc) is 3.48. The molecule has 3 aromatic rings. The van der Waals surface area contributed by atoms with Gasteiger partial charge in [0, 0.05) is 0 Å². The maximum absolute atomic E-state index is 2.65. The summed E-state index contributed by atoms with van der Waals surface area (Å²) in [5, 5.41) is 6.45. The summed E-state index contributed by atoms with van der Waals surface area (Å²) in [5.74, 6) is 0. The smallest absolute Gasteiger partial charge is 0.0776 e. The third-order valence-electron chi connectivity index (χ3n) is 9.15. The van der Waals surface area contributed by atoms with Crippen LogP contribution in [0.4, 0.5) is 0 Å². The molecule has 0 saturated carbocycles. The van der Waals surface area contributed by atoms with E-state index in [-0.39, 0.29) is 0 Å². The van der Waals surface area contributed by atoms with Crippen LogP contribution < -0.4 is 15.6 Å². The summed E-state index contributed by atoms with van der Waals surface area (Å²) in [6.07, 6.45) is 16.5. The highest BCUT2D eigenvalue weighted by Gasteiger charge is 2.44. The number of unbranched alkanes of at least 4 members (excludes halogenated alkanes) is 1. The maximum atomic E-state index is 2.65. The Morgan fingerprint density at radius 1 is 0.500 bits per heavy atom. The molecule has 0 heterocycles. The summed E-state index contributed by atoms with van der Waals surface area (Å²) < 4.78 is 0. The Morgan fingerprint density at radius 3 is 1.15 bits per heavy atom. The monoisotopic (exact) mass is 548 g/mol. The molecule has 0 unspecified atom stereocenters. The van der Waals surface area contributed by atoms with Gasteiger partial charge in [-0.3, -0.25) is 0 Å². The Morgan fingerprint density at radius 2 is 0.850 bits per heavy atom. The van der Waals surface area contributed by atoms with Crippen molar-refractivity contribution in [3.63, 3.8) is 0 Å². The minimum atomic E-state index is -2.55. The van der Waals surface area contributed by atoms with E-state index >= 15 is 0 Å². The lowest BCUT2D eigenvalue weighted by Crippen LogP contribution is -2.69. The van der Waals surface area contributed by atoms with Crippen molar-refractivity contribution in [2.45, 2.75) is 113 Å². The van der Waals surface area contributed by atoms with Gasteiger partial charge in [0.05, 0.1) is 0 Å². The predicted molar refractivity (Wildman–Crippen MR) is 181 cm³/mol. The minimum Gasteiger partial charge on any atom is -0.0776 e. The van der Waals surface area contributed by atoms with Gasteiger partial charge in [0.25, 0.3) is 0 Å².